The van der Waals surface area contributed by atoms with E-state index in [9.17, 15) is 9.59 Å². The summed E-state index contributed by atoms with van der Waals surface area (Å²) in [6, 6.07) is 5.62. The van der Waals surface area contributed by atoms with Crippen molar-refractivity contribution in [1.29, 1.82) is 0 Å². The van der Waals surface area contributed by atoms with Crippen molar-refractivity contribution in [2.45, 2.75) is 52.2 Å². The fourth-order valence-corrected chi connectivity index (χ4v) is 3.34. The van der Waals surface area contributed by atoms with Gasteiger partial charge in [-0.3, -0.25) is 4.79 Å². The molecule has 0 aromatic carbocycles. The number of hydrogen-bond donors (Lipinski definition) is 1. The van der Waals surface area contributed by atoms with Crippen molar-refractivity contribution >= 4 is 12.0 Å². The predicted molar refractivity (Wildman–Crippen MR) is 108 cm³/mol. The third-order valence-corrected chi connectivity index (χ3v) is 4.81. The van der Waals surface area contributed by atoms with Gasteiger partial charge in [0, 0.05) is 50.2 Å². The molecule has 3 heterocycles. The van der Waals surface area contributed by atoms with Crippen LogP contribution in [0.25, 0.3) is 5.82 Å². The van der Waals surface area contributed by atoms with E-state index in [1.807, 2.05) is 45.2 Å². The van der Waals surface area contributed by atoms with Gasteiger partial charge in [0.2, 0.25) is 5.91 Å². The van der Waals surface area contributed by atoms with Crippen molar-refractivity contribution in [2.75, 3.05) is 13.1 Å². The van der Waals surface area contributed by atoms with Crippen molar-refractivity contribution in [2.24, 2.45) is 5.92 Å². The van der Waals surface area contributed by atoms with Gasteiger partial charge in [0.1, 0.15) is 5.60 Å². The molecule has 29 heavy (non-hydrogen) atoms. The maximum Gasteiger partial charge on any atom is 0.410 e. The van der Waals surface area contributed by atoms with Crippen LogP contribution in [0.2, 0.25) is 0 Å². The van der Waals surface area contributed by atoms with Gasteiger partial charge < -0.3 is 15.0 Å². The summed E-state index contributed by atoms with van der Waals surface area (Å²) in [4.78, 5) is 30.7. The molecule has 2 aromatic rings. The first kappa shape index (κ1) is 20.8. The van der Waals surface area contributed by atoms with Gasteiger partial charge in [0.05, 0.1) is 0 Å². The number of amides is 2. The second-order valence-corrected chi connectivity index (χ2v) is 8.33. The normalized spacial score (nSPS) is 15.2. The Morgan fingerprint density at radius 1 is 1.21 bits per heavy atom. The van der Waals surface area contributed by atoms with Crippen LogP contribution in [0.15, 0.2) is 36.8 Å². The second-order valence-electron chi connectivity index (χ2n) is 8.33. The van der Waals surface area contributed by atoms with E-state index in [1.165, 1.54) is 0 Å². The van der Waals surface area contributed by atoms with Gasteiger partial charge in [-0.05, 0) is 51.7 Å². The Morgan fingerprint density at radius 3 is 2.62 bits per heavy atom. The highest BCUT2D eigenvalue weighted by Gasteiger charge is 2.27. The number of piperidine rings is 1. The van der Waals surface area contributed by atoms with E-state index in [4.69, 9.17) is 4.74 Å². The lowest BCUT2D eigenvalue weighted by Gasteiger charge is -2.33. The average Bonchev–Trinajstić information content (AvgIpc) is 3.20. The van der Waals surface area contributed by atoms with E-state index < -0.39 is 5.60 Å². The number of nitrogens with one attached hydrogen (secondary N) is 1. The van der Waals surface area contributed by atoms with Crippen molar-refractivity contribution in [3.05, 3.63) is 42.4 Å². The van der Waals surface area contributed by atoms with E-state index in [1.54, 1.807) is 22.0 Å². The van der Waals surface area contributed by atoms with E-state index in [0.29, 0.717) is 31.9 Å². The molecule has 3 rings (SSSR count). The Kier molecular flexibility index (Phi) is 6.51. The fraction of sp³-hybridized carbons (Fsp3) is 0.524. The summed E-state index contributed by atoms with van der Waals surface area (Å²) in [5.74, 6) is 0.993. The highest BCUT2D eigenvalue weighted by Crippen LogP contribution is 2.22. The van der Waals surface area contributed by atoms with E-state index in [0.717, 1.165) is 18.4 Å². The molecule has 0 radical (unpaired) electrons. The van der Waals surface area contributed by atoms with Gasteiger partial charge >= 0.3 is 6.09 Å². The number of likely N-dealkylation sites (tertiary alicyclic amines) is 1. The van der Waals surface area contributed by atoms with Crippen LogP contribution >= 0.6 is 0 Å². The third kappa shape index (κ3) is 6.04. The Bertz CT molecular complexity index is 821. The zero-order chi connectivity index (χ0) is 20.9. The molecule has 0 aliphatic carbocycles. The Labute approximate surface area is 171 Å². The van der Waals surface area contributed by atoms with Gasteiger partial charge in [0.25, 0.3) is 0 Å². The Hall–Kier alpha value is -2.90. The maximum absolute atomic E-state index is 12.4. The van der Waals surface area contributed by atoms with Gasteiger partial charge in [-0.15, -0.1) is 0 Å². The van der Waals surface area contributed by atoms with Crippen LogP contribution in [-0.2, 0) is 16.1 Å². The van der Waals surface area contributed by atoms with E-state index in [2.05, 4.69) is 15.4 Å². The predicted octanol–water partition coefficient (Wildman–Crippen LogP) is 2.92. The number of ether oxygens (including phenoxy) is 1. The van der Waals surface area contributed by atoms with Crippen LogP contribution in [0.3, 0.4) is 0 Å². The molecule has 1 aliphatic heterocycles. The number of rotatable bonds is 5. The van der Waals surface area contributed by atoms with Crippen molar-refractivity contribution in [3.8, 4) is 5.82 Å². The lowest BCUT2D eigenvalue weighted by atomic mass is 9.93. The molecule has 2 aromatic heterocycles. The second kappa shape index (κ2) is 9.07. The summed E-state index contributed by atoms with van der Waals surface area (Å²) in [5, 5.41) is 7.20. The van der Waals surface area contributed by atoms with Gasteiger partial charge in [0.15, 0.2) is 5.82 Å². The molecular formula is C21H29N5O3. The van der Waals surface area contributed by atoms with E-state index >= 15 is 0 Å². The lowest BCUT2D eigenvalue weighted by Crippen LogP contribution is -2.42. The minimum atomic E-state index is -0.491. The highest BCUT2D eigenvalue weighted by molar-refractivity contribution is 5.76. The molecule has 0 unspecified atom stereocenters. The third-order valence-electron chi connectivity index (χ3n) is 4.81. The number of pyridine rings is 1. The molecule has 0 saturated carbocycles. The molecule has 8 heteroatoms. The number of aromatic nitrogens is 3. The zero-order valence-corrected chi connectivity index (χ0v) is 17.3. The number of carbonyl (C=O) groups excluding carboxylic acids is 2. The number of nitrogens with zero attached hydrogens (tertiary/aromatic N) is 4. The molecule has 1 aliphatic rings. The highest BCUT2D eigenvalue weighted by atomic mass is 16.6. The number of hydrogen-bond acceptors (Lipinski definition) is 5. The fourth-order valence-electron chi connectivity index (χ4n) is 3.34. The van der Waals surface area contributed by atoms with Crippen molar-refractivity contribution in [1.82, 2.24) is 25.0 Å². The van der Waals surface area contributed by atoms with Crippen molar-refractivity contribution < 1.29 is 14.3 Å². The molecule has 1 fully saturated rings. The lowest BCUT2D eigenvalue weighted by molar-refractivity contribution is -0.122. The van der Waals surface area contributed by atoms with Crippen LogP contribution in [0.5, 0.6) is 0 Å². The zero-order valence-electron chi connectivity index (χ0n) is 17.3. The Morgan fingerprint density at radius 2 is 1.97 bits per heavy atom. The van der Waals surface area contributed by atoms with Crippen LogP contribution in [0, 0.1) is 5.92 Å². The molecule has 156 valence electrons. The average molecular weight is 399 g/mol. The molecule has 1 N–H and O–H groups in total. The van der Waals surface area contributed by atoms with Gasteiger partial charge in [-0.1, -0.05) is 6.07 Å². The monoisotopic (exact) mass is 399 g/mol. The largest absolute Gasteiger partial charge is 0.444 e. The molecule has 2 amide bonds. The van der Waals surface area contributed by atoms with Crippen LogP contribution in [-0.4, -0.2) is 50.4 Å². The SMILES string of the molecule is CC(C)(C)OC(=O)N1CCC(CC(=O)NCc2cccnc2-n2cccn2)CC1. The molecule has 1 saturated heterocycles. The minimum absolute atomic E-state index is 0.0102. The first-order valence-corrected chi connectivity index (χ1v) is 10.0. The Balaban J connectivity index is 1.45. The molecule has 0 atom stereocenters. The number of carbonyl (C=O) groups is 2. The van der Waals surface area contributed by atoms with Gasteiger partial charge in [-0.25, -0.2) is 14.5 Å². The van der Waals surface area contributed by atoms with Crippen molar-refractivity contribution in [3.63, 3.8) is 0 Å². The maximum atomic E-state index is 12.4. The summed E-state index contributed by atoms with van der Waals surface area (Å²) in [5.41, 5.74) is 0.416. The molecule has 8 nitrogen and oxygen atoms in total. The molecule has 0 bridgehead atoms. The first-order chi connectivity index (χ1) is 13.8. The van der Waals surface area contributed by atoms with Crippen LogP contribution in [0.1, 0.15) is 45.6 Å². The topological polar surface area (TPSA) is 89.4 Å². The smallest absolute Gasteiger partial charge is 0.410 e. The van der Waals surface area contributed by atoms with Crippen LogP contribution in [0.4, 0.5) is 4.79 Å². The van der Waals surface area contributed by atoms with Gasteiger partial charge in [-0.2, -0.15) is 5.10 Å². The summed E-state index contributed by atoms with van der Waals surface area (Å²) in [6.45, 7) is 7.24. The summed E-state index contributed by atoms with van der Waals surface area (Å²) >= 11 is 0. The molecular weight excluding hydrogens is 370 g/mol. The molecule has 0 spiro atoms. The minimum Gasteiger partial charge on any atom is -0.444 e. The first-order valence-electron chi connectivity index (χ1n) is 10.0. The summed E-state index contributed by atoms with van der Waals surface area (Å²) < 4.78 is 7.11. The van der Waals surface area contributed by atoms with Crippen LogP contribution < -0.4 is 5.32 Å². The summed E-state index contributed by atoms with van der Waals surface area (Å²) in [6.07, 6.45) is 7.02. The quantitative estimate of drug-likeness (QED) is 0.835. The standard InChI is InChI=1S/C21H29N5O3/c1-21(2,3)29-20(28)25-12-7-16(8-13-25)14-18(27)23-15-17-6-4-9-22-19(17)26-11-5-10-24-26/h4-6,9-11,16H,7-8,12-15H2,1-3H3,(H,23,27). The summed E-state index contributed by atoms with van der Waals surface area (Å²) in [7, 11) is 0. The van der Waals surface area contributed by atoms with E-state index in [-0.39, 0.29) is 17.9 Å².